The van der Waals surface area contributed by atoms with Crippen molar-refractivity contribution in [2.75, 3.05) is 0 Å². The third-order valence-electron chi connectivity index (χ3n) is 1.85. The standard InChI is InChI=1S/C8H6F4/c1-2-3-4-6-5-7(9,10)8(6,11)12/h1,3-4,6H,5H2. The molecule has 0 heterocycles. The Labute approximate surface area is 67.3 Å². The molecular formula is C8H6F4. The van der Waals surface area contributed by atoms with Crippen LogP contribution in [-0.4, -0.2) is 11.8 Å². The van der Waals surface area contributed by atoms with E-state index in [1.807, 2.05) is 5.92 Å². The van der Waals surface area contributed by atoms with Crippen LogP contribution in [0.15, 0.2) is 12.2 Å². The average molecular weight is 178 g/mol. The molecule has 0 nitrogen and oxygen atoms in total. The average Bonchev–Trinajstić information content (AvgIpc) is 1.97. The van der Waals surface area contributed by atoms with Crippen LogP contribution in [0.3, 0.4) is 0 Å². The second-order valence-corrected chi connectivity index (χ2v) is 2.66. The molecule has 1 fully saturated rings. The van der Waals surface area contributed by atoms with Gasteiger partial charge in [0.2, 0.25) is 0 Å². The van der Waals surface area contributed by atoms with E-state index >= 15 is 0 Å². The van der Waals surface area contributed by atoms with Crippen LogP contribution >= 0.6 is 0 Å². The van der Waals surface area contributed by atoms with E-state index in [-0.39, 0.29) is 0 Å². The maximum atomic E-state index is 12.4. The van der Waals surface area contributed by atoms with Gasteiger partial charge in [0.25, 0.3) is 0 Å². The molecule has 0 aromatic heterocycles. The van der Waals surface area contributed by atoms with Crippen molar-refractivity contribution in [2.24, 2.45) is 5.92 Å². The summed E-state index contributed by atoms with van der Waals surface area (Å²) in [5.41, 5.74) is 0. The summed E-state index contributed by atoms with van der Waals surface area (Å²) in [6.07, 6.45) is 5.88. The number of rotatable bonds is 1. The van der Waals surface area contributed by atoms with Crippen LogP contribution < -0.4 is 0 Å². The van der Waals surface area contributed by atoms with E-state index in [2.05, 4.69) is 0 Å². The summed E-state index contributed by atoms with van der Waals surface area (Å²) >= 11 is 0. The molecule has 0 spiro atoms. The van der Waals surface area contributed by atoms with Crippen LogP contribution in [-0.2, 0) is 0 Å². The number of allylic oxidation sites excluding steroid dienone is 2. The first-order valence-corrected chi connectivity index (χ1v) is 3.30. The molecule has 1 unspecified atom stereocenters. The number of hydrogen-bond donors (Lipinski definition) is 0. The summed E-state index contributed by atoms with van der Waals surface area (Å²) < 4.78 is 49.2. The highest BCUT2D eigenvalue weighted by Gasteiger charge is 2.70. The molecule has 0 aromatic carbocycles. The Hall–Kier alpha value is -0.980. The van der Waals surface area contributed by atoms with Gasteiger partial charge in [-0.25, -0.2) is 0 Å². The van der Waals surface area contributed by atoms with Gasteiger partial charge in [-0.05, 0) is 6.08 Å². The Kier molecular flexibility index (Phi) is 1.91. The zero-order valence-corrected chi connectivity index (χ0v) is 6.03. The van der Waals surface area contributed by atoms with Crippen molar-refractivity contribution in [2.45, 2.75) is 18.3 Å². The summed E-state index contributed by atoms with van der Waals surface area (Å²) in [5, 5.41) is 0. The maximum absolute atomic E-state index is 12.4. The lowest BCUT2D eigenvalue weighted by atomic mass is 9.76. The van der Waals surface area contributed by atoms with E-state index in [1.54, 1.807) is 0 Å². The summed E-state index contributed by atoms with van der Waals surface area (Å²) in [4.78, 5) is 0. The normalized spacial score (nSPS) is 31.1. The Morgan fingerprint density at radius 1 is 1.33 bits per heavy atom. The quantitative estimate of drug-likeness (QED) is 0.427. The minimum atomic E-state index is -3.93. The summed E-state index contributed by atoms with van der Waals surface area (Å²) in [5.74, 6) is -7.23. The Balaban J connectivity index is 2.67. The number of alkyl halides is 4. The van der Waals surface area contributed by atoms with Gasteiger partial charge in [-0.15, -0.1) is 6.42 Å². The van der Waals surface area contributed by atoms with Crippen molar-refractivity contribution in [3.05, 3.63) is 12.2 Å². The van der Waals surface area contributed by atoms with E-state index in [1.165, 1.54) is 0 Å². The highest BCUT2D eigenvalue weighted by molar-refractivity contribution is 5.17. The minimum Gasteiger partial charge on any atom is -0.200 e. The molecule has 1 rings (SSSR count). The Bertz CT molecular complexity index is 246. The molecule has 12 heavy (non-hydrogen) atoms. The van der Waals surface area contributed by atoms with Gasteiger partial charge in [-0.3, -0.25) is 0 Å². The fourth-order valence-electron chi connectivity index (χ4n) is 1.04. The van der Waals surface area contributed by atoms with Gasteiger partial charge in [0.15, 0.2) is 0 Å². The van der Waals surface area contributed by atoms with E-state index in [0.717, 1.165) is 12.2 Å². The van der Waals surface area contributed by atoms with E-state index < -0.39 is 24.2 Å². The fourth-order valence-corrected chi connectivity index (χ4v) is 1.04. The van der Waals surface area contributed by atoms with Crippen LogP contribution in [0.1, 0.15) is 6.42 Å². The largest absolute Gasteiger partial charge is 0.316 e. The molecule has 1 saturated carbocycles. The van der Waals surface area contributed by atoms with Crippen LogP contribution in [0, 0.1) is 18.3 Å². The second-order valence-electron chi connectivity index (χ2n) is 2.66. The lowest BCUT2D eigenvalue weighted by Crippen LogP contribution is -2.57. The zero-order chi connectivity index (χ0) is 9.41. The van der Waals surface area contributed by atoms with Crippen LogP contribution in [0.2, 0.25) is 0 Å². The van der Waals surface area contributed by atoms with Crippen LogP contribution in [0.25, 0.3) is 0 Å². The lowest BCUT2D eigenvalue weighted by Gasteiger charge is -2.42. The van der Waals surface area contributed by atoms with Crippen molar-refractivity contribution in [3.63, 3.8) is 0 Å². The molecule has 0 amide bonds. The summed E-state index contributed by atoms with van der Waals surface area (Å²) in [6, 6.07) is 0. The highest BCUT2D eigenvalue weighted by atomic mass is 19.3. The van der Waals surface area contributed by atoms with E-state index in [0.29, 0.717) is 0 Å². The molecule has 1 atom stereocenters. The van der Waals surface area contributed by atoms with Gasteiger partial charge in [-0.2, -0.15) is 17.6 Å². The second kappa shape index (κ2) is 2.51. The third kappa shape index (κ3) is 1.09. The smallest absolute Gasteiger partial charge is 0.200 e. The molecule has 0 bridgehead atoms. The molecule has 66 valence electrons. The monoisotopic (exact) mass is 178 g/mol. The first-order chi connectivity index (χ1) is 5.42. The Morgan fingerprint density at radius 3 is 2.25 bits per heavy atom. The molecule has 0 aromatic rings. The zero-order valence-electron chi connectivity index (χ0n) is 6.03. The first kappa shape index (κ1) is 9.11. The maximum Gasteiger partial charge on any atom is 0.316 e. The van der Waals surface area contributed by atoms with Gasteiger partial charge < -0.3 is 0 Å². The lowest BCUT2D eigenvalue weighted by molar-refractivity contribution is -0.301. The van der Waals surface area contributed by atoms with Crippen molar-refractivity contribution in [1.82, 2.24) is 0 Å². The van der Waals surface area contributed by atoms with Gasteiger partial charge in [0, 0.05) is 6.42 Å². The molecule has 0 radical (unpaired) electrons. The van der Waals surface area contributed by atoms with Gasteiger partial charge in [0.1, 0.15) is 0 Å². The van der Waals surface area contributed by atoms with Crippen molar-refractivity contribution < 1.29 is 17.6 Å². The highest BCUT2D eigenvalue weighted by Crippen LogP contribution is 2.55. The van der Waals surface area contributed by atoms with Gasteiger partial charge >= 0.3 is 11.8 Å². The van der Waals surface area contributed by atoms with Gasteiger partial charge in [-0.1, -0.05) is 12.0 Å². The van der Waals surface area contributed by atoms with Crippen molar-refractivity contribution >= 4 is 0 Å². The molecule has 1 aliphatic rings. The van der Waals surface area contributed by atoms with Crippen LogP contribution in [0.5, 0.6) is 0 Å². The predicted octanol–water partition coefficient (Wildman–Crippen LogP) is 2.47. The molecule has 0 aliphatic heterocycles. The predicted molar refractivity (Wildman–Crippen MR) is 36.0 cm³/mol. The molecule has 0 N–H and O–H groups in total. The first-order valence-electron chi connectivity index (χ1n) is 3.30. The SMILES string of the molecule is C#CC=CC1CC(F)(F)C1(F)F. The van der Waals surface area contributed by atoms with E-state index in [9.17, 15) is 17.6 Å². The fraction of sp³-hybridized carbons (Fsp3) is 0.500. The minimum absolute atomic E-state index is 0.821. The third-order valence-corrected chi connectivity index (χ3v) is 1.85. The molecule has 0 saturated heterocycles. The Morgan fingerprint density at radius 2 is 1.92 bits per heavy atom. The number of hydrogen-bond acceptors (Lipinski definition) is 0. The molecule has 4 heteroatoms. The summed E-state index contributed by atoms with van der Waals surface area (Å²) in [6.45, 7) is 0. The van der Waals surface area contributed by atoms with Gasteiger partial charge in [0.05, 0.1) is 5.92 Å². The number of halogens is 4. The molecular weight excluding hydrogens is 172 g/mol. The number of terminal acetylenes is 1. The van der Waals surface area contributed by atoms with Crippen molar-refractivity contribution in [3.8, 4) is 12.3 Å². The van der Waals surface area contributed by atoms with E-state index in [4.69, 9.17) is 6.42 Å². The van der Waals surface area contributed by atoms with Crippen LogP contribution in [0.4, 0.5) is 17.6 Å². The van der Waals surface area contributed by atoms with Crippen molar-refractivity contribution in [1.29, 1.82) is 0 Å². The topological polar surface area (TPSA) is 0 Å². The molecule has 1 aliphatic carbocycles. The summed E-state index contributed by atoms with van der Waals surface area (Å²) in [7, 11) is 0.